The number of halogens is 2. The van der Waals surface area contributed by atoms with Crippen LogP contribution in [0.4, 0.5) is 5.82 Å². The lowest BCUT2D eigenvalue weighted by Gasteiger charge is -2.07. The maximum atomic E-state index is 12.1. The standard InChI is InChI=1S/C16H13Br2N5O2S/c1-2-7-23-15(11-4-5-12(18)25-11)21-22-16(23)26-9-14(24)20-13-6-3-10(17)8-19-13/h2-6,8H,1,7,9H2,(H,19,20,24). The van der Waals surface area contributed by atoms with Crippen molar-refractivity contribution in [2.24, 2.45) is 0 Å². The first kappa shape index (κ1) is 18.9. The molecule has 0 radical (unpaired) electrons. The van der Waals surface area contributed by atoms with Crippen LogP contribution < -0.4 is 5.32 Å². The summed E-state index contributed by atoms with van der Waals surface area (Å²) in [6, 6.07) is 7.12. The maximum absolute atomic E-state index is 12.1. The molecule has 0 atom stereocenters. The quantitative estimate of drug-likeness (QED) is 0.384. The van der Waals surface area contributed by atoms with Gasteiger partial charge < -0.3 is 9.73 Å². The van der Waals surface area contributed by atoms with Crippen molar-refractivity contribution in [3.8, 4) is 11.6 Å². The number of pyridine rings is 1. The number of thioether (sulfide) groups is 1. The SMILES string of the molecule is C=CCn1c(SCC(=O)Nc2ccc(Br)cn2)nnc1-c1ccc(Br)o1. The summed E-state index contributed by atoms with van der Waals surface area (Å²) in [6.45, 7) is 4.26. The lowest BCUT2D eigenvalue weighted by atomic mass is 10.4. The molecule has 1 N–H and O–H groups in total. The number of hydrogen-bond acceptors (Lipinski definition) is 6. The van der Waals surface area contributed by atoms with E-state index in [0.29, 0.717) is 33.8 Å². The van der Waals surface area contributed by atoms with Crippen LogP contribution in [0, 0.1) is 0 Å². The van der Waals surface area contributed by atoms with Gasteiger partial charge in [-0.1, -0.05) is 17.8 Å². The van der Waals surface area contributed by atoms with Crippen molar-refractivity contribution in [2.75, 3.05) is 11.1 Å². The first-order valence-electron chi connectivity index (χ1n) is 7.41. The smallest absolute Gasteiger partial charge is 0.236 e. The van der Waals surface area contributed by atoms with Gasteiger partial charge in [-0.3, -0.25) is 9.36 Å². The molecule has 0 aliphatic carbocycles. The summed E-state index contributed by atoms with van der Waals surface area (Å²) in [5.74, 6) is 1.65. The van der Waals surface area contributed by atoms with Crippen LogP contribution in [0.2, 0.25) is 0 Å². The van der Waals surface area contributed by atoms with Crippen LogP contribution in [0.15, 0.2) is 61.8 Å². The summed E-state index contributed by atoms with van der Waals surface area (Å²) in [5, 5.41) is 11.7. The zero-order chi connectivity index (χ0) is 18.5. The second-order valence-electron chi connectivity index (χ2n) is 5.01. The zero-order valence-corrected chi connectivity index (χ0v) is 17.3. The summed E-state index contributed by atoms with van der Waals surface area (Å²) in [4.78, 5) is 16.2. The number of hydrogen-bond donors (Lipinski definition) is 1. The molecule has 0 aromatic carbocycles. The lowest BCUT2D eigenvalue weighted by molar-refractivity contribution is -0.113. The van der Waals surface area contributed by atoms with Crippen molar-refractivity contribution in [2.45, 2.75) is 11.7 Å². The van der Waals surface area contributed by atoms with Crippen LogP contribution in [0.25, 0.3) is 11.6 Å². The highest BCUT2D eigenvalue weighted by Gasteiger charge is 2.17. The molecule has 1 amide bonds. The van der Waals surface area contributed by atoms with Gasteiger partial charge in [0, 0.05) is 17.2 Å². The maximum Gasteiger partial charge on any atom is 0.236 e. The molecular formula is C16H13Br2N5O2S. The van der Waals surface area contributed by atoms with Crippen molar-refractivity contribution in [1.82, 2.24) is 19.7 Å². The van der Waals surface area contributed by atoms with E-state index < -0.39 is 0 Å². The normalized spacial score (nSPS) is 10.7. The third-order valence-electron chi connectivity index (χ3n) is 3.15. The monoisotopic (exact) mass is 497 g/mol. The highest BCUT2D eigenvalue weighted by molar-refractivity contribution is 9.10. The Bertz CT molecular complexity index is 923. The molecule has 0 fully saturated rings. The highest BCUT2D eigenvalue weighted by atomic mass is 79.9. The molecule has 0 bridgehead atoms. The Labute approximate surface area is 170 Å². The van der Waals surface area contributed by atoms with Gasteiger partial charge in [-0.25, -0.2) is 4.98 Å². The molecule has 10 heteroatoms. The van der Waals surface area contributed by atoms with Crippen LogP contribution in [0.1, 0.15) is 0 Å². The van der Waals surface area contributed by atoms with E-state index in [1.54, 1.807) is 30.5 Å². The van der Waals surface area contributed by atoms with Gasteiger partial charge in [0.1, 0.15) is 5.82 Å². The largest absolute Gasteiger partial charge is 0.446 e. The Hall–Kier alpha value is -1.91. The summed E-state index contributed by atoms with van der Waals surface area (Å²) in [6.07, 6.45) is 3.36. The first-order chi connectivity index (χ1) is 12.6. The summed E-state index contributed by atoms with van der Waals surface area (Å²) in [5.41, 5.74) is 0. The van der Waals surface area contributed by atoms with E-state index in [2.05, 4.69) is 58.9 Å². The Morgan fingerprint density at radius 1 is 1.31 bits per heavy atom. The predicted molar refractivity (Wildman–Crippen MR) is 107 cm³/mol. The fraction of sp³-hybridized carbons (Fsp3) is 0.125. The number of rotatable bonds is 7. The van der Waals surface area contributed by atoms with Gasteiger partial charge in [-0.2, -0.15) is 0 Å². The molecule has 0 unspecified atom stereocenters. The number of allylic oxidation sites excluding steroid dienone is 1. The molecule has 0 spiro atoms. The van der Waals surface area contributed by atoms with Crippen LogP contribution in [-0.2, 0) is 11.3 Å². The Kier molecular flexibility index (Phi) is 6.28. The minimum atomic E-state index is -0.180. The average molecular weight is 499 g/mol. The molecule has 134 valence electrons. The number of nitrogens with one attached hydrogen (secondary N) is 1. The van der Waals surface area contributed by atoms with Crippen LogP contribution in [0.5, 0.6) is 0 Å². The minimum absolute atomic E-state index is 0.175. The third kappa shape index (κ3) is 4.63. The van der Waals surface area contributed by atoms with E-state index >= 15 is 0 Å². The number of amides is 1. The van der Waals surface area contributed by atoms with Gasteiger partial charge >= 0.3 is 0 Å². The van der Waals surface area contributed by atoms with E-state index in [0.717, 1.165) is 4.47 Å². The Morgan fingerprint density at radius 2 is 2.15 bits per heavy atom. The number of carbonyl (C=O) groups is 1. The minimum Gasteiger partial charge on any atom is -0.446 e. The van der Waals surface area contributed by atoms with E-state index in [-0.39, 0.29) is 11.7 Å². The zero-order valence-electron chi connectivity index (χ0n) is 13.4. The Balaban J connectivity index is 1.69. The van der Waals surface area contributed by atoms with Gasteiger partial charge in [-0.05, 0) is 56.1 Å². The molecular weight excluding hydrogens is 486 g/mol. The van der Waals surface area contributed by atoms with Gasteiger partial charge in [0.2, 0.25) is 11.7 Å². The summed E-state index contributed by atoms with van der Waals surface area (Å²) >= 11 is 7.86. The Morgan fingerprint density at radius 3 is 2.81 bits per heavy atom. The number of nitrogens with zero attached hydrogens (tertiary/aromatic N) is 4. The molecule has 3 aromatic rings. The molecule has 0 aliphatic rings. The molecule has 0 saturated carbocycles. The fourth-order valence-corrected chi connectivity index (χ4v) is 3.35. The van der Waals surface area contributed by atoms with Crippen LogP contribution >= 0.6 is 43.6 Å². The number of furan rings is 1. The summed E-state index contributed by atoms with van der Waals surface area (Å²) in [7, 11) is 0. The van der Waals surface area contributed by atoms with E-state index in [1.807, 2.05) is 10.6 Å². The van der Waals surface area contributed by atoms with E-state index in [4.69, 9.17) is 4.42 Å². The fourth-order valence-electron chi connectivity index (χ4n) is 2.06. The molecule has 3 rings (SSSR count). The van der Waals surface area contributed by atoms with E-state index in [1.165, 1.54) is 11.8 Å². The molecule has 0 aliphatic heterocycles. The van der Waals surface area contributed by atoms with Crippen molar-refractivity contribution in [1.29, 1.82) is 0 Å². The second kappa shape index (κ2) is 8.65. The van der Waals surface area contributed by atoms with Gasteiger partial charge in [-0.15, -0.1) is 16.8 Å². The molecule has 0 saturated heterocycles. The van der Waals surface area contributed by atoms with Gasteiger partial charge in [0.05, 0.1) is 5.75 Å². The van der Waals surface area contributed by atoms with E-state index in [9.17, 15) is 4.79 Å². The van der Waals surface area contributed by atoms with Crippen molar-refractivity contribution < 1.29 is 9.21 Å². The van der Waals surface area contributed by atoms with Crippen LogP contribution in [0.3, 0.4) is 0 Å². The number of aromatic nitrogens is 4. The van der Waals surface area contributed by atoms with Crippen molar-refractivity contribution in [3.05, 3.63) is 52.3 Å². The van der Waals surface area contributed by atoms with Gasteiger partial charge in [0.15, 0.2) is 15.6 Å². The molecule has 7 nitrogen and oxygen atoms in total. The topological polar surface area (TPSA) is 85.8 Å². The van der Waals surface area contributed by atoms with Crippen LogP contribution in [-0.4, -0.2) is 31.4 Å². The summed E-state index contributed by atoms with van der Waals surface area (Å²) < 4.78 is 8.84. The number of anilines is 1. The molecule has 3 heterocycles. The second-order valence-corrected chi connectivity index (χ2v) is 7.65. The molecule has 26 heavy (non-hydrogen) atoms. The first-order valence-corrected chi connectivity index (χ1v) is 9.98. The van der Waals surface area contributed by atoms with Crippen molar-refractivity contribution >= 4 is 55.3 Å². The average Bonchev–Trinajstić information content (AvgIpc) is 3.22. The predicted octanol–water partition coefficient (Wildman–Crippen LogP) is 4.37. The molecule has 3 aromatic heterocycles. The number of carbonyl (C=O) groups excluding carboxylic acids is 1. The lowest BCUT2D eigenvalue weighted by Crippen LogP contribution is -2.15. The highest BCUT2D eigenvalue weighted by Crippen LogP contribution is 2.27. The van der Waals surface area contributed by atoms with Crippen molar-refractivity contribution in [3.63, 3.8) is 0 Å². The third-order valence-corrected chi connectivity index (χ3v) is 5.01. The van der Waals surface area contributed by atoms with Gasteiger partial charge in [0.25, 0.3) is 0 Å².